The Morgan fingerprint density at radius 2 is 1.53 bits per heavy atom. The van der Waals surface area contributed by atoms with Gasteiger partial charge in [-0.05, 0) is 27.0 Å². The zero-order chi connectivity index (χ0) is 11.6. The van der Waals surface area contributed by atoms with Crippen molar-refractivity contribution >= 4 is 15.2 Å². The van der Waals surface area contributed by atoms with Crippen molar-refractivity contribution in [2.45, 2.75) is 17.9 Å². The first-order valence-electron chi connectivity index (χ1n) is 3.56. The van der Waals surface area contributed by atoms with E-state index in [-0.39, 0.29) is 77.6 Å². The van der Waals surface area contributed by atoms with Gasteiger partial charge in [-0.1, -0.05) is 0 Å². The molecule has 0 fully saturated rings. The first-order chi connectivity index (χ1) is 6.06. The molecule has 0 spiro atoms. The molecule has 0 amide bonds. The molecule has 94 valence electrons. The van der Waals surface area contributed by atoms with E-state index in [1.165, 1.54) is 0 Å². The normalized spacial score (nSPS) is 14.7. The minimum Gasteiger partial charge on any atom is -0.808 e. The molecule has 0 heterocycles. The summed E-state index contributed by atoms with van der Waals surface area (Å²) in [6, 6.07) is 0. The summed E-state index contributed by atoms with van der Waals surface area (Å²) < 4.78 is 21.1. The SMILES string of the molecule is NCCCC(O)(P(=O)([O-])[O-])P(=O)(O)O.O.[Na+].[Na+]. The van der Waals surface area contributed by atoms with Crippen LogP contribution in [0.2, 0.25) is 0 Å². The van der Waals surface area contributed by atoms with E-state index in [0.29, 0.717) is 0 Å². The Balaban J connectivity index is -0.000000282. The number of hydrogen-bond donors (Lipinski definition) is 4. The summed E-state index contributed by atoms with van der Waals surface area (Å²) in [6.45, 7) is -0.0949. The van der Waals surface area contributed by atoms with E-state index >= 15 is 0 Å². The van der Waals surface area contributed by atoms with Crippen LogP contribution < -0.4 is 74.6 Å². The quantitative estimate of drug-likeness (QED) is 0.283. The molecule has 0 aromatic rings. The van der Waals surface area contributed by atoms with Crippen LogP contribution >= 0.6 is 15.2 Å². The predicted molar refractivity (Wildman–Crippen MR) is 46.5 cm³/mol. The number of hydrogen-bond acceptors (Lipinski definition) is 6. The number of nitrogens with two attached hydrogens (primary N) is 1. The third kappa shape index (κ3) is 7.51. The van der Waals surface area contributed by atoms with Gasteiger partial charge in [0.05, 0.1) is 0 Å². The Bertz CT molecular complexity index is 267. The summed E-state index contributed by atoms with van der Waals surface area (Å²) in [6.07, 6.45) is -1.06. The van der Waals surface area contributed by atoms with Gasteiger partial charge in [-0.15, -0.1) is 0 Å². The van der Waals surface area contributed by atoms with Gasteiger partial charge in [-0.2, -0.15) is 0 Å². The molecule has 0 rings (SSSR count). The van der Waals surface area contributed by atoms with Crippen LogP contribution in [0, 0.1) is 0 Å². The summed E-state index contributed by atoms with van der Waals surface area (Å²) in [5, 5.41) is 5.57. The van der Waals surface area contributed by atoms with E-state index < -0.39 is 26.7 Å². The second-order valence-electron chi connectivity index (χ2n) is 2.71. The second kappa shape index (κ2) is 9.99. The van der Waals surface area contributed by atoms with Crippen molar-refractivity contribution in [2.24, 2.45) is 5.73 Å². The summed E-state index contributed by atoms with van der Waals surface area (Å²) in [5.74, 6) is 0. The van der Waals surface area contributed by atoms with Crippen LogP contribution in [-0.2, 0) is 9.13 Å². The molecule has 0 saturated heterocycles. The maximum absolute atomic E-state index is 10.6. The standard InChI is InChI=1S/C4H13NO7P2.2Na.H2O/c5-3-1-2-4(6,13(7,8)9)14(10,11)12;;;/h6H,1-3,5H2,(H2,7,8,9)(H2,10,11,12);;;1H2/q;2*+1;/p-2. The molecule has 17 heavy (non-hydrogen) atoms. The fraction of sp³-hybridized carbons (Fsp3) is 1.00. The van der Waals surface area contributed by atoms with Crippen LogP contribution in [0.5, 0.6) is 0 Å². The summed E-state index contributed by atoms with van der Waals surface area (Å²) in [5.41, 5.74) is 4.96. The van der Waals surface area contributed by atoms with Crippen molar-refractivity contribution in [3.05, 3.63) is 0 Å². The number of rotatable bonds is 5. The summed E-state index contributed by atoms with van der Waals surface area (Å²) >= 11 is 0. The topological polar surface area (TPSA) is 198 Å². The molecule has 0 aromatic carbocycles. The van der Waals surface area contributed by atoms with Crippen LogP contribution in [-0.4, -0.2) is 32.0 Å². The monoisotopic (exact) mass is 311 g/mol. The molecule has 1 unspecified atom stereocenters. The third-order valence-corrected chi connectivity index (χ3v) is 5.40. The van der Waals surface area contributed by atoms with E-state index in [4.69, 9.17) is 20.6 Å². The van der Waals surface area contributed by atoms with Crippen LogP contribution in [0.15, 0.2) is 0 Å². The Labute approximate surface area is 142 Å². The van der Waals surface area contributed by atoms with Crippen LogP contribution in [0.4, 0.5) is 0 Å². The predicted octanol–water partition coefficient (Wildman–Crippen LogP) is -9.35. The first-order valence-corrected chi connectivity index (χ1v) is 6.72. The van der Waals surface area contributed by atoms with Crippen LogP contribution in [0.3, 0.4) is 0 Å². The molecule has 13 heteroatoms. The molecule has 0 saturated carbocycles. The minimum absolute atomic E-state index is 0. The van der Waals surface area contributed by atoms with Gasteiger partial charge < -0.3 is 40.5 Å². The Morgan fingerprint density at radius 1 is 1.18 bits per heavy atom. The van der Waals surface area contributed by atoms with Gasteiger partial charge >= 0.3 is 66.7 Å². The zero-order valence-corrected chi connectivity index (χ0v) is 15.4. The van der Waals surface area contributed by atoms with Crippen molar-refractivity contribution < 1.29 is 98.4 Å². The van der Waals surface area contributed by atoms with E-state index in [9.17, 15) is 18.9 Å². The van der Waals surface area contributed by atoms with Crippen molar-refractivity contribution in [3.63, 3.8) is 0 Å². The Kier molecular flexibility index (Phi) is 16.2. The van der Waals surface area contributed by atoms with Gasteiger partial charge in [0.2, 0.25) is 0 Å². The van der Waals surface area contributed by atoms with Crippen LogP contribution in [0.25, 0.3) is 0 Å². The van der Waals surface area contributed by atoms with Gasteiger partial charge in [0.25, 0.3) is 0 Å². The van der Waals surface area contributed by atoms with E-state index in [1.807, 2.05) is 0 Å². The molecule has 0 aliphatic carbocycles. The molecule has 0 aromatic heterocycles. The minimum atomic E-state index is -5.80. The fourth-order valence-corrected chi connectivity index (χ4v) is 2.94. The van der Waals surface area contributed by atoms with Gasteiger partial charge in [-0.3, -0.25) is 4.57 Å². The molecular weight excluding hydrogens is 298 g/mol. The van der Waals surface area contributed by atoms with Gasteiger partial charge in [-0.25, -0.2) is 0 Å². The average Bonchev–Trinajstić information content (AvgIpc) is 1.95. The Hall–Kier alpha value is 2.18. The molecule has 0 aliphatic heterocycles. The average molecular weight is 311 g/mol. The molecule has 7 N–H and O–H groups in total. The number of aliphatic hydroxyl groups is 1. The van der Waals surface area contributed by atoms with Gasteiger partial charge in [0.15, 0.2) is 5.08 Å². The largest absolute Gasteiger partial charge is 1.00 e. The van der Waals surface area contributed by atoms with E-state index in [0.717, 1.165) is 0 Å². The van der Waals surface area contributed by atoms with E-state index in [2.05, 4.69) is 0 Å². The van der Waals surface area contributed by atoms with Crippen molar-refractivity contribution in [2.75, 3.05) is 6.54 Å². The second-order valence-corrected chi connectivity index (χ2v) is 6.62. The van der Waals surface area contributed by atoms with Crippen molar-refractivity contribution in [1.29, 1.82) is 0 Å². The van der Waals surface area contributed by atoms with Gasteiger partial charge in [0, 0.05) is 0 Å². The summed E-state index contributed by atoms with van der Waals surface area (Å²) in [4.78, 5) is 38.1. The first kappa shape index (κ1) is 27.5. The third-order valence-electron chi connectivity index (χ3n) is 1.62. The van der Waals surface area contributed by atoms with Crippen LogP contribution in [0.1, 0.15) is 12.8 Å². The fourth-order valence-electron chi connectivity index (χ4n) is 0.781. The maximum atomic E-state index is 10.6. The zero-order valence-electron chi connectivity index (χ0n) is 9.57. The van der Waals surface area contributed by atoms with Crippen molar-refractivity contribution in [1.82, 2.24) is 0 Å². The molecule has 9 nitrogen and oxygen atoms in total. The maximum Gasteiger partial charge on any atom is 1.00 e. The Morgan fingerprint density at radius 3 is 1.71 bits per heavy atom. The molecule has 1 atom stereocenters. The molecule has 0 aliphatic rings. The molecular formula is C4H13NNa2O8P2. The summed E-state index contributed by atoms with van der Waals surface area (Å²) in [7, 11) is -11.2. The molecule has 0 radical (unpaired) electrons. The molecule has 0 bridgehead atoms. The van der Waals surface area contributed by atoms with Crippen molar-refractivity contribution in [3.8, 4) is 0 Å². The smallest absolute Gasteiger partial charge is 0.808 e. The van der Waals surface area contributed by atoms with Gasteiger partial charge in [0.1, 0.15) is 0 Å². The van der Waals surface area contributed by atoms with E-state index in [1.54, 1.807) is 0 Å².